The molecule has 1 aliphatic rings. The maximum Gasteiger partial charge on any atom is 0.225 e. The minimum Gasteiger partial charge on any atom is -0.343 e. The van der Waals surface area contributed by atoms with E-state index < -0.39 is 0 Å². The molecule has 3 heteroatoms. The van der Waals surface area contributed by atoms with Crippen LogP contribution in [0.3, 0.4) is 0 Å². The van der Waals surface area contributed by atoms with E-state index >= 15 is 0 Å². The van der Waals surface area contributed by atoms with Gasteiger partial charge in [-0.05, 0) is 32.7 Å². The van der Waals surface area contributed by atoms with Crippen molar-refractivity contribution in [3.63, 3.8) is 0 Å². The minimum atomic E-state index is 0.281. The fraction of sp³-hybridized carbons (Fsp3) is 0.917. The summed E-state index contributed by atoms with van der Waals surface area (Å²) in [6.07, 6.45) is 6.79. The highest BCUT2D eigenvalue weighted by molar-refractivity contribution is 5.78. The van der Waals surface area contributed by atoms with Gasteiger partial charge in [0.2, 0.25) is 5.91 Å². The third kappa shape index (κ3) is 3.49. The van der Waals surface area contributed by atoms with E-state index in [9.17, 15) is 4.79 Å². The first-order valence-corrected chi connectivity index (χ1v) is 6.13. The number of hydrogen-bond donors (Lipinski definition) is 1. The molecule has 1 saturated carbocycles. The highest BCUT2D eigenvalue weighted by Gasteiger charge is 2.25. The molecule has 0 aromatic heterocycles. The van der Waals surface area contributed by atoms with Crippen LogP contribution in [-0.4, -0.2) is 30.4 Å². The van der Waals surface area contributed by atoms with Gasteiger partial charge in [0.1, 0.15) is 0 Å². The van der Waals surface area contributed by atoms with Crippen LogP contribution in [0, 0.1) is 5.92 Å². The van der Waals surface area contributed by atoms with Gasteiger partial charge < -0.3 is 10.6 Å². The number of carbonyl (C=O) groups is 1. The van der Waals surface area contributed by atoms with Crippen molar-refractivity contribution in [1.29, 1.82) is 0 Å². The molecule has 0 aromatic rings. The lowest BCUT2D eigenvalue weighted by molar-refractivity contribution is -0.137. The van der Waals surface area contributed by atoms with Gasteiger partial charge in [-0.3, -0.25) is 4.79 Å². The molecule has 1 fully saturated rings. The van der Waals surface area contributed by atoms with E-state index in [1.165, 1.54) is 19.3 Å². The van der Waals surface area contributed by atoms with E-state index in [-0.39, 0.29) is 12.0 Å². The topological polar surface area (TPSA) is 46.3 Å². The van der Waals surface area contributed by atoms with Crippen molar-refractivity contribution < 1.29 is 4.79 Å². The Balaban J connectivity index is 2.43. The summed E-state index contributed by atoms with van der Waals surface area (Å²) in [5.74, 6) is 0.611. The standard InChI is InChI=1S/C12H24N2O/c1-10(8-9-13)14(2)12(15)11-6-4-3-5-7-11/h10-11H,3-9,13H2,1-2H3. The van der Waals surface area contributed by atoms with E-state index in [4.69, 9.17) is 5.73 Å². The van der Waals surface area contributed by atoms with Gasteiger partial charge in [0.05, 0.1) is 0 Å². The van der Waals surface area contributed by atoms with Gasteiger partial charge in [-0.15, -0.1) is 0 Å². The minimum absolute atomic E-state index is 0.281. The zero-order valence-electron chi connectivity index (χ0n) is 10.0. The second-order valence-corrected chi connectivity index (χ2v) is 4.71. The van der Waals surface area contributed by atoms with Crippen LogP contribution in [0.5, 0.6) is 0 Å². The van der Waals surface area contributed by atoms with E-state index in [1.54, 1.807) is 0 Å². The van der Waals surface area contributed by atoms with Gasteiger partial charge in [-0.1, -0.05) is 19.3 Å². The van der Waals surface area contributed by atoms with Crippen LogP contribution >= 0.6 is 0 Å². The number of nitrogens with zero attached hydrogens (tertiary/aromatic N) is 1. The molecule has 0 heterocycles. The summed E-state index contributed by atoms with van der Waals surface area (Å²) < 4.78 is 0. The smallest absolute Gasteiger partial charge is 0.225 e. The summed E-state index contributed by atoms with van der Waals surface area (Å²) in [7, 11) is 1.91. The zero-order chi connectivity index (χ0) is 11.3. The van der Waals surface area contributed by atoms with Gasteiger partial charge in [0.15, 0.2) is 0 Å². The normalized spacial score (nSPS) is 19.9. The van der Waals surface area contributed by atoms with Crippen molar-refractivity contribution in [2.75, 3.05) is 13.6 Å². The molecular weight excluding hydrogens is 188 g/mol. The molecule has 88 valence electrons. The summed E-state index contributed by atoms with van der Waals surface area (Å²) in [5.41, 5.74) is 5.51. The molecule has 0 radical (unpaired) electrons. The monoisotopic (exact) mass is 212 g/mol. The second kappa shape index (κ2) is 6.11. The predicted octanol–water partition coefficient (Wildman–Crippen LogP) is 1.76. The lowest BCUT2D eigenvalue weighted by Crippen LogP contribution is -2.40. The first-order chi connectivity index (χ1) is 7.16. The largest absolute Gasteiger partial charge is 0.343 e. The van der Waals surface area contributed by atoms with Crippen LogP contribution in [-0.2, 0) is 4.79 Å². The number of nitrogens with two attached hydrogens (primary N) is 1. The lowest BCUT2D eigenvalue weighted by Gasteiger charge is -2.30. The van der Waals surface area contributed by atoms with Gasteiger partial charge >= 0.3 is 0 Å². The van der Waals surface area contributed by atoms with Crippen LogP contribution in [0.25, 0.3) is 0 Å². The zero-order valence-corrected chi connectivity index (χ0v) is 10.0. The summed E-state index contributed by atoms with van der Waals surface area (Å²) >= 11 is 0. The molecule has 0 aromatic carbocycles. The van der Waals surface area contributed by atoms with E-state index in [0.717, 1.165) is 19.3 Å². The lowest BCUT2D eigenvalue weighted by atomic mass is 9.88. The molecule has 0 saturated heterocycles. The molecule has 1 atom stereocenters. The summed E-state index contributed by atoms with van der Waals surface area (Å²) in [6.45, 7) is 2.73. The van der Waals surface area contributed by atoms with Crippen molar-refractivity contribution in [2.45, 2.75) is 51.5 Å². The number of carbonyl (C=O) groups excluding carboxylic acids is 1. The molecule has 1 amide bonds. The molecule has 1 rings (SSSR count). The number of hydrogen-bond acceptors (Lipinski definition) is 2. The molecule has 0 aliphatic heterocycles. The van der Waals surface area contributed by atoms with Crippen LogP contribution in [0.4, 0.5) is 0 Å². The Bertz CT molecular complexity index is 200. The molecule has 0 bridgehead atoms. The maximum atomic E-state index is 12.1. The van der Waals surface area contributed by atoms with Crippen molar-refractivity contribution in [1.82, 2.24) is 4.90 Å². The van der Waals surface area contributed by atoms with Crippen LogP contribution in [0.2, 0.25) is 0 Å². The quantitative estimate of drug-likeness (QED) is 0.772. The maximum absolute atomic E-state index is 12.1. The molecule has 3 nitrogen and oxygen atoms in total. The van der Waals surface area contributed by atoms with Crippen LogP contribution in [0.1, 0.15) is 45.4 Å². The van der Waals surface area contributed by atoms with Crippen molar-refractivity contribution in [2.24, 2.45) is 11.7 Å². The van der Waals surface area contributed by atoms with Gasteiger partial charge in [0, 0.05) is 19.0 Å². The summed E-state index contributed by atoms with van der Waals surface area (Å²) in [5, 5.41) is 0. The Labute approximate surface area is 93.0 Å². The Morgan fingerprint density at radius 3 is 2.53 bits per heavy atom. The number of rotatable bonds is 4. The Kier molecular flexibility index (Phi) is 5.09. The van der Waals surface area contributed by atoms with Crippen molar-refractivity contribution >= 4 is 5.91 Å². The molecular formula is C12H24N2O. The van der Waals surface area contributed by atoms with E-state index in [2.05, 4.69) is 6.92 Å². The Hall–Kier alpha value is -0.570. The summed E-state index contributed by atoms with van der Waals surface area (Å²) in [4.78, 5) is 14.0. The van der Waals surface area contributed by atoms with Gasteiger partial charge in [-0.2, -0.15) is 0 Å². The fourth-order valence-electron chi connectivity index (χ4n) is 2.29. The van der Waals surface area contributed by atoms with Crippen molar-refractivity contribution in [3.8, 4) is 0 Å². The van der Waals surface area contributed by atoms with Gasteiger partial charge in [-0.25, -0.2) is 0 Å². The highest BCUT2D eigenvalue weighted by atomic mass is 16.2. The van der Waals surface area contributed by atoms with E-state index in [0.29, 0.717) is 12.5 Å². The third-order valence-corrected chi connectivity index (χ3v) is 3.55. The number of amides is 1. The van der Waals surface area contributed by atoms with E-state index in [1.807, 2.05) is 11.9 Å². The predicted molar refractivity (Wildman–Crippen MR) is 62.5 cm³/mol. The Morgan fingerprint density at radius 2 is 2.00 bits per heavy atom. The second-order valence-electron chi connectivity index (χ2n) is 4.71. The van der Waals surface area contributed by atoms with Crippen LogP contribution in [0.15, 0.2) is 0 Å². The SMILES string of the molecule is CC(CCN)N(C)C(=O)C1CCCCC1. The van der Waals surface area contributed by atoms with Crippen molar-refractivity contribution in [3.05, 3.63) is 0 Å². The average Bonchev–Trinajstić information content (AvgIpc) is 2.28. The molecule has 0 spiro atoms. The van der Waals surface area contributed by atoms with Gasteiger partial charge in [0.25, 0.3) is 0 Å². The molecule has 15 heavy (non-hydrogen) atoms. The first kappa shape index (κ1) is 12.5. The first-order valence-electron chi connectivity index (χ1n) is 6.13. The fourth-order valence-corrected chi connectivity index (χ4v) is 2.29. The summed E-state index contributed by atoms with van der Waals surface area (Å²) in [6, 6.07) is 0.282. The average molecular weight is 212 g/mol. The molecule has 1 aliphatic carbocycles. The third-order valence-electron chi connectivity index (χ3n) is 3.55. The van der Waals surface area contributed by atoms with Crippen LogP contribution < -0.4 is 5.73 Å². The Morgan fingerprint density at radius 1 is 1.40 bits per heavy atom. The molecule has 1 unspecified atom stereocenters. The molecule has 2 N–H and O–H groups in total. The highest BCUT2D eigenvalue weighted by Crippen LogP contribution is 2.25.